The van der Waals surface area contributed by atoms with Gasteiger partial charge in [0.2, 0.25) is 5.91 Å². The molecule has 1 aliphatic carbocycles. The zero-order valence-corrected chi connectivity index (χ0v) is 16.0. The summed E-state index contributed by atoms with van der Waals surface area (Å²) >= 11 is 3.42. The second-order valence-corrected chi connectivity index (χ2v) is 8.49. The molecule has 1 saturated carbocycles. The fraction of sp³-hybridized carbons (Fsp3) is 0.632. The van der Waals surface area contributed by atoms with Crippen molar-refractivity contribution >= 4 is 21.8 Å². The van der Waals surface area contributed by atoms with Crippen molar-refractivity contribution in [2.75, 3.05) is 19.6 Å². The summed E-state index contributed by atoms with van der Waals surface area (Å²) in [5.41, 5.74) is 6.17. The molecule has 0 spiro atoms. The SMILES string of the molecule is CC(N)(C(=O)NC1CCN(CC2CCCC2)C1)c1ccc(Br)cc1. The van der Waals surface area contributed by atoms with Gasteiger partial charge in [-0.05, 0) is 49.8 Å². The molecule has 2 atom stereocenters. The van der Waals surface area contributed by atoms with Crippen molar-refractivity contribution < 1.29 is 4.79 Å². The first-order valence-corrected chi connectivity index (χ1v) is 9.82. The van der Waals surface area contributed by atoms with Gasteiger partial charge in [-0.25, -0.2) is 0 Å². The number of halogens is 1. The second-order valence-electron chi connectivity index (χ2n) is 7.58. The van der Waals surface area contributed by atoms with Crippen LogP contribution in [0.15, 0.2) is 28.7 Å². The van der Waals surface area contributed by atoms with E-state index in [1.165, 1.54) is 32.2 Å². The van der Waals surface area contributed by atoms with Gasteiger partial charge in [0.25, 0.3) is 0 Å². The number of likely N-dealkylation sites (tertiary alicyclic amines) is 1. The standard InChI is InChI=1S/C19H28BrN3O/c1-19(21,15-6-8-16(20)9-7-15)18(24)22-17-10-11-23(13-17)12-14-4-2-3-5-14/h6-9,14,17H,2-5,10-13,21H2,1H3,(H,22,24). The number of nitrogens with one attached hydrogen (secondary N) is 1. The van der Waals surface area contributed by atoms with Crippen LogP contribution in [0.1, 0.15) is 44.6 Å². The van der Waals surface area contributed by atoms with Gasteiger partial charge in [-0.2, -0.15) is 0 Å². The van der Waals surface area contributed by atoms with Crippen LogP contribution in [0.2, 0.25) is 0 Å². The zero-order valence-electron chi connectivity index (χ0n) is 14.4. The topological polar surface area (TPSA) is 58.4 Å². The number of carbonyl (C=O) groups is 1. The van der Waals surface area contributed by atoms with E-state index in [1.54, 1.807) is 6.92 Å². The highest BCUT2D eigenvalue weighted by molar-refractivity contribution is 9.10. The van der Waals surface area contributed by atoms with Gasteiger partial charge in [-0.15, -0.1) is 0 Å². The highest BCUT2D eigenvalue weighted by Gasteiger charge is 2.34. The molecule has 4 nitrogen and oxygen atoms in total. The smallest absolute Gasteiger partial charge is 0.244 e. The normalized spacial score (nSPS) is 24.9. The van der Waals surface area contributed by atoms with E-state index in [2.05, 4.69) is 26.1 Å². The molecule has 5 heteroatoms. The average Bonchev–Trinajstić information content (AvgIpc) is 3.20. The van der Waals surface area contributed by atoms with Crippen molar-refractivity contribution in [1.82, 2.24) is 10.2 Å². The molecule has 0 aromatic heterocycles. The Morgan fingerprint density at radius 1 is 1.29 bits per heavy atom. The van der Waals surface area contributed by atoms with Crippen LogP contribution in [0, 0.1) is 5.92 Å². The first-order chi connectivity index (χ1) is 11.4. The number of nitrogens with zero attached hydrogens (tertiary/aromatic N) is 1. The molecule has 1 aliphatic heterocycles. The lowest BCUT2D eigenvalue weighted by Crippen LogP contribution is -2.52. The molecule has 0 bridgehead atoms. The molecule has 0 radical (unpaired) electrons. The predicted molar refractivity (Wildman–Crippen MR) is 101 cm³/mol. The number of carbonyl (C=O) groups excluding carboxylic acids is 1. The lowest BCUT2D eigenvalue weighted by atomic mass is 9.92. The molecule has 3 N–H and O–H groups in total. The van der Waals surface area contributed by atoms with E-state index in [-0.39, 0.29) is 11.9 Å². The maximum absolute atomic E-state index is 12.7. The maximum Gasteiger partial charge on any atom is 0.244 e. The number of hydrogen-bond donors (Lipinski definition) is 2. The third-order valence-corrected chi connectivity index (χ3v) is 6.04. The Kier molecular flexibility index (Phi) is 5.63. The van der Waals surface area contributed by atoms with Gasteiger partial charge in [-0.3, -0.25) is 4.79 Å². The molecule has 1 saturated heterocycles. The largest absolute Gasteiger partial charge is 0.350 e. The van der Waals surface area contributed by atoms with Gasteiger partial charge >= 0.3 is 0 Å². The van der Waals surface area contributed by atoms with Crippen molar-refractivity contribution in [2.24, 2.45) is 11.7 Å². The number of hydrogen-bond acceptors (Lipinski definition) is 3. The summed E-state index contributed by atoms with van der Waals surface area (Å²) in [6.45, 7) is 5.02. The first kappa shape index (κ1) is 17.9. The van der Waals surface area contributed by atoms with Gasteiger partial charge in [0.05, 0.1) is 0 Å². The van der Waals surface area contributed by atoms with Crippen LogP contribution in [-0.2, 0) is 10.3 Å². The van der Waals surface area contributed by atoms with Crippen LogP contribution in [0.25, 0.3) is 0 Å². The van der Waals surface area contributed by atoms with E-state index < -0.39 is 5.54 Å². The second kappa shape index (κ2) is 7.54. The summed E-state index contributed by atoms with van der Waals surface area (Å²) in [6, 6.07) is 7.88. The first-order valence-electron chi connectivity index (χ1n) is 9.03. The molecule has 24 heavy (non-hydrogen) atoms. The highest BCUT2D eigenvalue weighted by Crippen LogP contribution is 2.27. The van der Waals surface area contributed by atoms with Crippen LogP contribution in [-0.4, -0.2) is 36.5 Å². The Morgan fingerprint density at radius 3 is 2.62 bits per heavy atom. The molecule has 2 fully saturated rings. The molecular weight excluding hydrogens is 366 g/mol. The summed E-state index contributed by atoms with van der Waals surface area (Å²) in [6.07, 6.45) is 6.54. The van der Waals surface area contributed by atoms with Crippen molar-refractivity contribution in [3.8, 4) is 0 Å². The van der Waals surface area contributed by atoms with Crippen molar-refractivity contribution in [3.63, 3.8) is 0 Å². The molecule has 2 unspecified atom stereocenters. The highest BCUT2D eigenvalue weighted by atomic mass is 79.9. The van der Waals surface area contributed by atoms with Crippen LogP contribution in [0.3, 0.4) is 0 Å². The van der Waals surface area contributed by atoms with E-state index in [4.69, 9.17) is 5.73 Å². The van der Waals surface area contributed by atoms with E-state index in [9.17, 15) is 4.79 Å². The van der Waals surface area contributed by atoms with Gasteiger partial charge in [0.15, 0.2) is 0 Å². The maximum atomic E-state index is 12.7. The minimum atomic E-state index is -1.00. The van der Waals surface area contributed by atoms with Crippen LogP contribution < -0.4 is 11.1 Å². The Labute approximate surface area is 153 Å². The Bertz CT molecular complexity index is 566. The number of nitrogens with two attached hydrogens (primary N) is 1. The van der Waals surface area contributed by atoms with Crippen molar-refractivity contribution in [3.05, 3.63) is 34.3 Å². The van der Waals surface area contributed by atoms with Gasteiger partial charge in [0, 0.05) is 30.1 Å². The minimum Gasteiger partial charge on any atom is -0.350 e. The monoisotopic (exact) mass is 393 g/mol. The minimum absolute atomic E-state index is 0.0856. The molecule has 2 aliphatic rings. The van der Waals surface area contributed by atoms with E-state index in [0.29, 0.717) is 0 Å². The van der Waals surface area contributed by atoms with Gasteiger partial charge < -0.3 is 16.0 Å². The lowest BCUT2D eigenvalue weighted by Gasteiger charge is -2.27. The Morgan fingerprint density at radius 2 is 1.96 bits per heavy atom. The van der Waals surface area contributed by atoms with Gasteiger partial charge in [-0.1, -0.05) is 40.9 Å². The van der Waals surface area contributed by atoms with Crippen LogP contribution in [0.5, 0.6) is 0 Å². The number of benzene rings is 1. The zero-order chi connectivity index (χ0) is 17.2. The quantitative estimate of drug-likeness (QED) is 0.807. The van der Waals surface area contributed by atoms with E-state index in [0.717, 1.165) is 35.5 Å². The summed E-state index contributed by atoms with van der Waals surface area (Å²) < 4.78 is 0.987. The van der Waals surface area contributed by atoms with Gasteiger partial charge in [0.1, 0.15) is 5.54 Å². The average molecular weight is 394 g/mol. The third kappa shape index (κ3) is 4.19. The number of amides is 1. The molecule has 1 aromatic carbocycles. The van der Waals surface area contributed by atoms with E-state index in [1.807, 2.05) is 24.3 Å². The van der Waals surface area contributed by atoms with Crippen LogP contribution >= 0.6 is 15.9 Å². The molecule has 3 rings (SSSR count). The molecule has 132 valence electrons. The summed E-state index contributed by atoms with van der Waals surface area (Å²) in [4.78, 5) is 15.2. The van der Waals surface area contributed by atoms with Crippen molar-refractivity contribution in [1.29, 1.82) is 0 Å². The Balaban J connectivity index is 1.53. The molecule has 1 aromatic rings. The fourth-order valence-electron chi connectivity index (χ4n) is 3.94. The predicted octanol–water partition coefficient (Wildman–Crippen LogP) is 3.00. The molecule has 1 amide bonds. The van der Waals surface area contributed by atoms with Crippen LogP contribution in [0.4, 0.5) is 0 Å². The third-order valence-electron chi connectivity index (χ3n) is 5.51. The summed E-state index contributed by atoms with van der Waals surface area (Å²) in [5.74, 6) is 0.777. The summed E-state index contributed by atoms with van der Waals surface area (Å²) in [7, 11) is 0. The van der Waals surface area contributed by atoms with E-state index >= 15 is 0 Å². The fourth-order valence-corrected chi connectivity index (χ4v) is 4.20. The Hall–Kier alpha value is -0.910. The molecular formula is C19H28BrN3O. The molecule has 1 heterocycles. The lowest BCUT2D eigenvalue weighted by molar-refractivity contribution is -0.126. The summed E-state index contributed by atoms with van der Waals surface area (Å²) in [5, 5.41) is 3.17. The number of rotatable bonds is 5. The van der Waals surface area contributed by atoms with Crippen molar-refractivity contribution in [2.45, 2.75) is 50.6 Å².